The summed E-state index contributed by atoms with van der Waals surface area (Å²) in [5.41, 5.74) is -0.671. The Hall–Kier alpha value is -1.47. The maximum Gasteiger partial charge on any atom is 0.411 e. The molecule has 2 fully saturated rings. The molecule has 0 aliphatic carbocycles. The lowest BCUT2D eigenvalue weighted by Gasteiger charge is -2.29. The van der Waals surface area contributed by atoms with Crippen LogP contribution in [0.1, 0.15) is 40.0 Å². The van der Waals surface area contributed by atoms with Crippen LogP contribution < -0.4 is 0 Å². The molecule has 4 atom stereocenters. The molecule has 0 saturated carbocycles. The van der Waals surface area contributed by atoms with Gasteiger partial charge in [0.1, 0.15) is 24.5 Å². The first-order chi connectivity index (χ1) is 11.3. The van der Waals surface area contributed by atoms with E-state index in [9.17, 15) is 19.5 Å². The van der Waals surface area contributed by atoms with Gasteiger partial charge in [0.05, 0.1) is 6.10 Å². The monoisotopic (exact) mass is 341 g/mol. The summed E-state index contributed by atoms with van der Waals surface area (Å²) < 4.78 is 11.3. The van der Waals surface area contributed by atoms with E-state index in [-0.39, 0.29) is 11.8 Å². The minimum absolute atomic E-state index is 0.0366. The topological polar surface area (TPSA) is 93.1 Å². The molecule has 2 rings (SSSR count). The summed E-state index contributed by atoms with van der Waals surface area (Å²) in [7, 11) is 0. The van der Waals surface area contributed by atoms with Crippen molar-refractivity contribution in [2.24, 2.45) is 11.8 Å². The molecule has 2 heterocycles. The zero-order valence-electron chi connectivity index (χ0n) is 14.6. The second-order valence-electron chi connectivity index (χ2n) is 7.59. The molecule has 0 aromatic heterocycles. The van der Waals surface area contributed by atoms with Gasteiger partial charge in [0.15, 0.2) is 5.78 Å². The fraction of sp³-hybridized carbons (Fsp3) is 0.824. The standard InChI is InChI=1S/C17H27NO6/c1-17(2,3)24-16(22)18-9-12-8-11(4-6-19)5-7-23-15(12)14(18)13(21)10-20/h6,11-12,14-15,20H,4-5,7-10H2,1-3H3/t11-,12+,14-,15-/m1/s1. The van der Waals surface area contributed by atoms with Gasteiger partial charge >= 0.3 is 6.09 Å². The highest BCUT2D eigenvalue weighted by atomic mass is 16.6. The molecule has 0 radical (unpaired) electrons. The average Bonchev–Trinajstić information content (AvgIpc) is 2.72. The molecule has 0 spiro atoms. The molecule has 0 aromatic carbocycles. The molecule has 2 aliphatic heterocycles. The lowest BCUT2D eigenvalue weighted by atomic mass is 9.88. The maximum absolute atomic E-state index is 12.5. The van der Waals surface area contributed by atoms with Gasteiger partial charge in [0.25, 0.3) is 0 Å². The number of carbonyl (C=O) groups excluding carboxylic acids is 3. The van der Waals surface area contributed by atoms with E-state index < -0.39 is 36.2 Å². The SMILES string of the molecule is CC(C)(C)OC(=O)N1C[C@@H]2C[C@H](CC=O)CCO[C@H]2[C@H]1C(=O)CO. The van der Waals surface area contributed by atoms with Crippen LogP contribution in [0.2, 0.25) is 0 Å². The molecule has 136 valence electrons. The fourth-order valence-electron chi connectivity index (χ4n) is 3.57. The third-order valence-corrected chi connectivity index (χ3v) is 4.56. The maximum atomic E-state index is 12.5. The third kappa shape index (κ3) is 4.33. The van der Waals surface area contributed by atoms with Crippen molar-refractivity contribution in [2.75, 3.05) is 19.8 Å². The molecule has 7 nitrogen and oxygen atoms in total. The summed E-state index contributed by atoms with van der Waals surface area (Å²) in [5.74, 6) is -0.284. The van der Waals surface area contributed by atoms with Crippen molar-refractivity contribution >= 4 is 18.2 Å². The Kier molecular flexibility index (Phi) is 5.98. The first-order valence-corrected chi connectivity index (χ1v) is 8.45. The second-order valence-corrected chi connectivity index (χ2v) is 7.59. The van der Waals surface area contributed by atoms with Crippen LogP contribution in [0.4, 0.5) is 4.79 Å². The van der Waals surface area contributed by atoms with E-state index in [0.29, 0.717) is 19.6 Å². The van der Waals surface area contributed by atoms with Gasteiger partial charge in [0.2, 0.25) is 0 Å². The molecule has 0 aromatic rings. The van der Waals surface area contributed by atoms with Crippen molar-refractivity contribution in [3.8, 4) is 0 Å². The van der Waals surface area contributed by atoms with Gasteiger partial charge in [-0.1, -0.05) is 0 Å². The summed E-state index contributed by atoms with van der Waals surface area (Å²) >= 11 is 0. The molecule has 1 N–H and O–H groups in total. The van der Waals surface area contributed by atoms with Crippen LogP contribution in [0.3, 0.4) is 0 Å². The van der Waals surface area contributed by atoms with Crippen molar-refractivity contribution in [3.05, 3.63) is 0 Å². The van der Waals surface area contributed by atoms with Crippen molar-refractivity contribution in [1.29, 1.82) is 0 Å². The van der Waals surface area contributed by atoms with Crippen molar-refractivity contribution in [3.63, 3.8) is 0 Å². The predicted molar refractivity (Wildman–Crippen MR) is 85.5 cm³/mol. The van der Waals surface area contributed by atoms with Crippen molar-refractivity contribution in [1.82, 2.24) is 4.90 Å². The predicted octanol–water partition coefficient (Wildman–Crippen LogP) is 1.17. The summed E-state index contributed by atoms with van der Waals surface area (Å²) in [6.45, 7) is 5.42. The quantitative estimate of drug-likeness (QED) is 0.772. The van der Waals surface area contributed by atoms with E-state index in [0.717, 1.165) is 19.1 Å². The number of fused-ring (bicyclic) bond motifs is 1. The highest BCUT2D eigenvalue weighted by molar-refractivity contribution is 5.89. The number of likely N-dealkylation sites (tertiary alicyclic amines) is 1. The van der Waals surface area contributed by atoms with E-state index in [1.165, 1.54) is 4.90 Å². The van der Waals surface area contributed by atoms with Gasteiger partial charge in [0, 0.05) is 25.5 Å². The molecule has 1 amide bonds. The zero-order chi connectivity index (χ0) is 17.9. The van der Waals surface area contributed by atoms with Crippen LogP contribution in [0.25, 0.3) is 0 Å². The number of carbonyl (C=O) groups is 3. The molecule has 7 heteroatoms. The van der Waals surface area contributed by atoms with Crippen LogP contribution in [0.5, 0.6) is 0 Å². The number of hydrogen-bond acceptors (Lipinski definition) is 6. The number of aldehydes is 1. The molecular formula is C17H27NO6. The van der Waals surface area contributed by atoms with Crippen LogP contribution >= 0.6 is 0 Å². The zero-order valence-corrected chi connectivity index (χ0v) is 14.6. The van der Waals surface area contributed by atoms with E-state index in [1.807, 2.05) is 0 Å². The fourth-order valence-corrected chi connectivity index (χ4v) is 3.57. The Balaban J connectivity index is 2.20. The van der Waals surface area contributed by atoms with Gasteiger partial charge in [-0.15, -0.1) is 0 Å². The Bertz CT molecular complexity index is 486. The van der Waals surface area contributed by atoms with Gasteiger partial charge in [-0.3, -0.25) is 9.69 Å². The minimum atomic E-state index is -0.829. The smallest absolute Gasteiger partial charge is 0.411 e. The molecular weight excluding hydrogens is 314 g/mol. The Morgan fingerprint density at radius 1 is 1.38 bits per heavy atom. The van der Waals surface area contributed by atoms with Crippen molar-refractivity contribution in [2.45, 2.75) is 57.8 Å². The molecule has 24 heavy (non-hydrogen) atoms. The summed E-state index contributed by atoms with van der Waals surface area (Å²) in [5, 5.41) is 9.29. The van der Waals surface area contributed by atoms with Gasteiger partial charge in [-0.05, 0) is 39.5 Å². The number of amides is 1. The molecule has 0 unspecified atom stereocenters. The number of aliphatic hydroxyl groups is 1. The van der Waals surface area contributed by atoms with Crippen LogP contribution in [-0.4, -0.2) is 65.7 Å². The Labute approximate surface area is 142 Å². The molecule has 2 aliphatic rings. The minimum Gasteiger partial charge on any atom is -0.444 e. The Morgan fingerprint density at radius 3 is 2.67 bits per heavy atom. The number of ether oxygens (including phenoxy) is 2. The highest BCUT2D eigenvalue weighted by Crippen LogP contribution is 2.36. The normalized spacial score (nSPS) is 30.4. The molecule has 2 saturated heterocycles. The first-order valence-electron chi connectivity index (χ1n) is 8.45. The van der Waals surface area contributed by atoms with E-state index in [2.05, 4.69) is 0 Å². The number of rotatable bonds is 4. The van der Waals surface area contributed by atoms with Crippen LogP contribution in [0.15, 0.2) is 0 Å². The lowest BCUT2D eigenvalue weighted by Crippen LogP contribution is -2.48. The van der Waals surface area contributed by atoms with Crippen molar-refractivity contribution < 1.29 is 29.0 Å². The number of ketones is 1. The van der Waals surface area contributed by atoms with Crippen LogP contribution in [0, 0.1) is 11.8 Å². The number of hydrogen-bond donors (Lipinski definition) is 1. The van der Waals surface area contributed by atoms with E-state index >= 15 is 0 Å². The summed E-state index contributed by atoms with van der Waals surface area (Å²) in [6.07, 6.45) is 1.82. The van der Waals surface area contributed by atoms with E-state index in [1.54, 1.807) is 20.8 Å². The lowest BCUT2D eigenvalue weighted by molar-refractivity contribution is -0.130. The van der Waals surface area contributed by atoms with Gasteiger partial charge in [-0.2, -0.15) is 0 Å². The Morgan fingerprint density at radius 2 is 2.08 bits per heavy atom. The third-order valence-electron chi connectivity index (χ3n) is 4.56. The first kappa shape index (κ1) is 18.9. The van der Waals surface area contributed by atoms with Gasteiger partial charge in [-0.25, -0.2) is 4.79 Å². The summed E-state index contributed by atoms with van der Waals surface area (Å²) in [6, 6.07) is -0.829. The number of aliphatic hydroxyl groups excluding tert-OH is 1. The van der Waals surface area contributed by atoms with E-state index in [4.69, 9.17) is 9.47 Å². The van der Waals surface area contributed by atoms with Crippen LogP contribution in [-0.2, 0) is 19.1 Å². The molecule has 0 bridgehead atoms. The largest absolute Gasteiger partial charge is 0.444 e. The highest BCUT2D eigenvalue weighted by Gasteiger charge is 2.50. The summed E-state index contributed by atoms with van der Waals surface area (Å²) in [4.78, 5) is 36.9. The second kappa shape index (κ2) is 7.61. The average molecular weight is 341 g/mol. The number of nitrogens with zero attached hydrogens (tertiary/aromatic N) is 1. The number of Topliss-reactive ketones (excluding diaryl/α,β-unsaturated/α-hetero) is 1. The van der Waals surface area contributed by atoms with Gasteiger partial charge < -0.3 is 19.4 Å².